The van der Waals surface area contributed by atoms with Crippen molar-refractivity contribution in [2.75, 3.05) is 12.4 Å². The molecule has 6 rings (SSSR count). The number of phenols is 1. The van der Waals surface area contributed by atoms with Crippen LogP contribution in [0, 0.1) is 3.57 Å². The van der Waals surface area contributed by atoms with Crippen LogP contribution in [-0.2, 0) is 0 Å². The van der Waals surface area contributed by atoms with Crippen LogP contribution in [0.15, 0.2) is 82.0 Å². The molecule has 0 amide bonds. The van der Waals surface area contributed by atoms with E-state index in [1.807, 2.05) is 36.4 Å². The molecular weight excluding hydrogens is 529 g/mol. The van der Waals surface area contributed by atoms with Gasteiger partial charge < -0.3 is 19.6 Å². The summed E-state index contributed by atoms with van der Waals surface area (Å²) in [4.78, 5) is 13.4. The molecule has 5 aromatic rings. The third-order valence-electron chi connectivity index (χ3n) is 6.26. The molecule has 0 saturated carbocycles. The van der Waals surface area contributed by atoms with Gasteiger partial charge in [-0.15, -0.1) is 0 Å². The van der Waals surface area contributed by atoms with E-state index in [0.29, 0.717) is 20.5 Å². The Hall–Kier alpha value is -3.52. The highest BCUT2D eigenvalue weighted by atomic mass is 127. The number of anilines is 2. The minimum absolute atomic E-state index is 0.0831. The number of benzene rings is 4. The Morgan fingerprint density at radius 1 is 0.970 bits per heavy atom. The van der Waals surface area contributed by atoms with Crippen molar-refractivity contribution in [2.45, 2.75) is 5.92 Å². The second-order valence-corrected chi connectivity index (χ2v) is 9.20. The van der Waals surface area contributed by atoms with E-state index in [2.05, 4.69) is 52.2 Å². The predicted molar refractivity (Wildman–Crippen MR) is 138 cm³/mol. The fourth-order valence-corrected chi connectivity index (χ4v) is 5.43. The number of para-hydroxylation sites is 1. The van der Waals surface area contributed by atoms with Crippen LogP contribution in [-0.4, -0.2) is 12.2 Å². The fourth-order valence-electron chi connectivity index (χ4n) is 4.81. The van der Waals surface area contributed by atoms with Crippen molar-refractivity contribution in [1.82, 2.24) is 0 Å². The molecule has 1 aromatic heterocycles. The number of ether oxygens (including phenoxy) is 1. The van der Waals surface area contributed by atoms with Gasteiger partial charge in [0, 0.05) is 17.0 Å². The number of nitrogens with one attached hydrogen (secondary N) is 1. The van der Waals surface area contributed by atoms with E-state index in [4.69, 9.17) is 9.15 Å². The highest BCUT2D eigenvalue weighted by molar-refractivity contribution is 14.1. The summed E-state index contributed by atoms with van der Waals surface area (Å²) in [6.45, 7) is 0. The summed E-state index contributed by atoms with van der Waals surface area (Å²) in [7, 11) is 1.52. The first-order valence-corrected chi connectivity index (χ1v) is 11.6. The summed E-state index contributed by atoms with van der Waals surface area (Å²) in [5, 5.41) is 17.0. The smallest absolute Gasteiger partial charge is 0.342 e. The maximum absolute atomic E-state index is 13.4. The monoisotopic (exact) mass is 547 g/mol. The van der Waals surface area contributed by atoms with Gasteiger partial charge in [-0.1, -0.05) is 42.5 Å². The molecule has 33 heavy (non-hydrogen) atoms. The van der Waals surface area contributed by atoms with Crippen molar-refractivity contribution in [1.29, 1.82) is 0 Å². The Labute approximate surface area is 202 Å². The van der Waals surface area contributed by atoms with Crippen LogP contribution in [0.5, 0.6) is 11.5 Å². The maximum atomic E-state index is 13.4. The Kier molecular flexibility index (Phi) is 4.58. The van der Waals surface area contributed by atoms with Gasteiger partial charge in [0.15, 0.2) is 11.5 Å². The number of hydrogen-bond acceptors (Lipinski definition) is 5. The summed E-state index contributed by atoms with van der Waals surface area (Å²) in [5.74, 6) is 0.0369. The zero-order chi connectivity index (χ0) is 22.7. The SMILES string of the molecule is COc1cc(C2c3c(c4ccccc4oc3=O)Nc3ccc4ccccc4c32)cc(I)c1O. The van der Waals surface area contributed by atoms with Gasteiger partial charge in [-0.3, -0.25) is 0 Å². The van der Waals surface area contributed by atoms with Gasteiger partial charge in [0.1, 0.15) is 5.58 Å². The molecule has 1 aliphatic heterocycles. The quantitative estimate of drug-likeness (QED) is 0.191. The van der Waals surface area contributed by atoms with E-state index < -0.39 is 5.92 Å². The molecule has 0 radical (unpaired) electrons. The molecule has 0 fully saturated rings. The zero-order valence-corrected chi connectivity index (χ0v) is 19.7. The molecule has 6 heteroatoms. The van der Waals surface area contributed by atoms with Gasteiger partial charge in [-0.05, 0) is 74.8 Å². The van der Waals surface area contributed by atoms with Crippen LogP contribution in [0.3, 0.4) is 0 Å². The summed E-state index contributed by atoms with van der Waals surface area (Å²) >= 11 is 2.09. The molecule has 1 atom stereocenters. The second-order valence-electron chi connectivity index (χ2n) is 8.03. The predicted octanol–water partition coefficient (Wildman–Crippen LogP) is 6.50. The van der Waals surface area contributed by atoms with Crippen LogP contribution in [0.25, 0.3) is 21.7 Å². The Morgan fingerprint density at radius 2 is 1.73 bits per heavy atom. The van der Waals surface area contributed by atoms with Crippen LogP contribution in [0.1, 0.15) is 22.6 Å². The number of halogens is 1. The molecule has 0 aliphatic carbocycles. The molecule has 1 aliphatic rings. The number of methoxy groups -OCH3 is 1. The Balaban J connectivity index is 1.77. The topological polar surface area (TPSA) is 71.7 Å². The normalized spacial score (nSPS) is 14.5. The van der Waals surface area contributed by atoms with Gasteiger partial charge in [0.25, 0.3) is 0 Å². The Bertz CT molecular complexity index is 1640. The van der Waals surface area contributed by atoms with Crippen molar-refractivity contribution in [2.24, 2.45) is 0 Å². The van der Waals surface area contributed by atoms with Crippen LogP contribution >= 0.6 is 22.6 Å². The van der Waals surface area contributed by atoms with E-state index in [9.17, 15) is 9.90 Å². The van der Waals surface area contributed by atoms with E-state index in [1.54, 1.807) is 12.1 Å². The average molecular weight is 547 g/mol. The Morgan fingerprint density at radius 3 is 2.55 bits per heavy atom. The molecule has 5 nitrogen and oxygen atoms in total. The van der Waals surface area contributed by atoms with E-state index in [0.717, 1.165) is 38.7 Å². The number of fused-ring (bicyclic) bond motifs is 6. The van der Waals surface area contributed by atoms with E-state index >= 15 is 0 Å². The third kappa shape index (κ3) is 3.01. The van der Waals surface area contributed by atoms with Gasteiger partial charge in [-0.2, -0.15) is 0 Å². The van der Waals surface area contributed by atoms with E-state index in [1.165, 1.54) is 7.11 Å². The van der Waals surface area contributed by atoms with Crippen LogP contribution in [0.4, 0.5) is 11.4 Å². The molecule has 0 saturated heterocycles. The minimum atomic E-state index is -0.411. The fraction of sp³-hybridized carbons (Fsp3) is 0.0741. The standard InChI is InChI=1S/C27H18INO4/c1-32-21-13-15(12-18(28)26(21)30)22-23-16-7-3-2-6-14(16)10-11-19(23)29-25-17-8-4-5-9-20(17)33-27(31)24(22)25/h2-13,22,29-30H,1H3. The van der Waals surface area contributed by atoms with Crippen LogP contribution in [0.2, 0.25) is 0 Å². The van der Waals surface area contributed by atoms with Crippen molar-refractivity contribution < 1.29 is 14.3 Å². The summed E-state index contributed by atoms with van der Waals surface area (Å²) < 4.78 is 11.9. The maximum Gasteiger partial charge on any atom is 0.342 e. The molecule has 2 N–H and O–H groups in total. The number of aromatic hydroxyl groups is 1. The summed E-state index contributed by atoms with van der Waals surface area (Å²) in [5.41, 5.74) is 4.21. The number of rotatable bonds is 2. The highest BCUT2D eigenvalue weighted by Gasteiger charge is 2.34. The van der Waals surface area contributed by atoms with Crippen molar-refractivity contribution in [3.8, 4) is 11.5 Å². The van der Waals surface area contributed by atoms with Crippen LogP contribution < -0.4 is 15.7 Å². The van der Waals surface area contributed by atoms with Gasteiger partial charge in [0.05, 0.1) is 21.9 Å². The zero-order valence-electron chi connectivity index (χ0n) is 17.6. The first-order valence-electron chi connectivity index (χ1n) is 10.5. The molecule has 4 aromatic carbocycles. The average Bonchev–Trinajstić information content (AvgIpc) is 2.84. The first kappa shape index (κ1) is 20.1. The van der Waals surface area contributed by atoms with Gasteiger partial charge in [0.2, 0.25) is 0 Å². The number of phenolic OH excluding ortho intramolecular Hbond substituents is 1. The lowest BCUT2D eigenvalue weighted by molar-refractivity contribution is 0.371. The molecule has 2 heterocycles. The van der Waals surface area contributed by atoms with Crippen molar-refractivity contribution in [3.05, 3.63) is 103 Å². The largest absolute Gasteiger partial charge is 0.504 e. The summed E-state index contributed by atoms with van der Waals surface area (Å²) in [6, 6.07) is 23.5. The third-order valence-corrected chi connectivity index (χ3v) is 7.08. The van der Waals surface area contributed by atoms with Crippen molar-refractivity contribution in [3.63, 3.8) is 0 Å². The lowest BCUT2D eigenvalue weighted by Gasteiger charge is -2.31. The van der Waals surface area contributed by atoms with Crippen molar-refractivity contribution >= 4 is 55.7 Å². The highest BCUT2D eigenvalue weighted by Crippen LogP contribution is 2.49. The summed E-state index contributed by atoms with van der Waals surface area (Å²) in [6.07, 6.45) is 0. The molecular formula is C27H18INO4. The molecule has 1 unspecified atom stereocenters. The van der Waals surface area contributed by atoms with E-state index in [-0.39, 0.29) is 11.4 Å². The van der Waals surface area contributed by atoms with Gasteiger partial charge >= 0.3 is 5.63 Å². The lowest BCUT2D eigenvalue weighted by atomic mass is 9.79. The van der Waals surface area contributed by atoms with Gasteiger partial charge in [-0.25, -0.2) is 4.79 Å². The first-order chi connectivity index (χ1) is 16.1. The lowest BCUT2D eigenvalue weighted by Crippen LogP contribution is -2.23. The minimum Gasteiger partial charge on any atom is -0.504 e. The number of hydrogen-bond donors (Lipinski definition) is 2. The molecule has 0 spiro atoms. The molecule has 162 valence electrons. The molecule has 0 bridgehead atoms. The second kappa shape index (κ2) is 7.52.